The van der Waals surface area contributed by atoms with Gasteiger partial charge in [0.2, 0.25) is 0 Å². The molecule has 0 aromatic carbocycles. The molecule has 0 fully saturated rings. The summed E-state index contributed by atoms with van der Waals surface area (Å²) >= 11 is 0. The molecule has 15 heavy (non-hydrogen) atoms. The lowest BCUT2D eigenvalue weighted by Gasteiger charge is -2.04. The summed E-state index contributed by atoms with van der Waals surface area (Å²) in [6.07, 6.45) is 6.98. The molecule has 0 aliphatic heterocycles. The second-order valence-electron chi connectivity index (χ2n) is 3.95. The summed E-state index contributed by atoms with van der Waals surface area (Å²) in [7, 11) is 0. The van der Waals surface area contributed by atoms with E-state index in [0.29, 0.717) is 6.04 Å². The molecule has 0 saturated heterocycles. The lowest BCUT2D eigenvalue weighted by atomic mass is 10.2. The normalized spacial score (nSPS) is 10.9. The zero-order valence-corrected chi connectivity index (χ0v) is 9.65. The largest absolute Gasteiger partial charge is 0.490 e. The minimum Gasteiger partial charge on any atom is -0.490 e. The number of ether oxygens (including phenoxy) is 1. The number of unbranched alkanes of at least 4 members (excludes halogenated alkanes) is 2. The van der Waals surface area contributed by atoms with Gasteiger partial charge in [-0.3, -0.25) is 4.68 Å². The summed E-state index contributed by atoms with van der Waals surface area (Å²) in [5.41, 5.74) is 5.40. The van der Waals surface area contributed by atoms with E-state index < -0.39 is 0 Å². The molecule has 0 spiro atoms. The van der Waals surface area contributed by atoms with Gasteiger partial charge in [-0.2, -0.15) is 5.10 Å². The van der Waals surface area contributed by atoms with E-state index >= 15 is 0 Å². The zero-order valence-electron chi connectivity index (χ0n) is 9.65. The van der Waals surface area contributed by atoms with E-state index in [1.807, 2.05) is 10.9 Å². The Morgan fingerprint density at radius 1 is 1.40 bits per heavy atom. The summed E-state index contributed by atoms with van der Waals surface area (Å²) in [6.45, 7) is 5.71. The van der Waals surface area contributed by atoms with Crippen LogP contribution in [0.3, 0.4) is 0 Å². The summed E-state index contributed by atoms with van der Waals surface area (Å²) in [5, 5.41) is 4.20. The van der Waals surface area contributed by atoms with Gasteiger partial charge in [0, 0.05) is 6.04 Å². The number of nitrogens with zero attached hydrogens (tertiary/aromatic N) is 2. The Morgan fingerprint density at radius 2 is 2.20 bits per heavy atom. The minimum atomic E-state index is 0.389. The van der Waals surface area contributed by atoms with Crippen LogP contribution in [0.1, 0.15) is 39.2 Å². The van der Waals surface area contributed by atoms with E-state index in [9.17, 15) is 0 Å². The maximum atomic E-state index is 5.56. The molecule has 0 atom stereocenters. The highest BCUT2D eigenvalue weighted by Crippen LogP contribution is 2.12. The van der Waals surface area contributed by atoms with Gasteiger partial charge < -0.3 is 10.5 Å². The number of hydrogen-bond donors (Lipinski definition) is 1. The first-order chi connectivity index (χ1) is 7.24. The molecule has 4 heteroatoms. The van der Waals surface area contributed by atoms with E-state index in [2.05, 4.69) is 18.9 Å². The molecule has 2 N–H and O–H groups in total. The molecule has 1 aromatic rings. The molecule has 0 amide bonds. The Bertz CT molecular complexity index is 271. The van der Waals surface area contributed by atoms with Gasteiger partial charge in [-0.25, -0.2) is 0 Å². The first-order valence-electron chi connectivity index (χ1n) is 5.61. The predicted molar refractivity (Wildman–Crippen MR) is 61.0 cm³/mol. The smallest absolute Gasteiger partial charge is 0.157 e. The molecule has 4 nitrogen and oxygen atoms in total. The van der Waals surface area contributed by atoms with Crippen LogP contribution in [0.15, 0.2) is 12.4 Å². The van der Waals surface area contributed by atoms with Crippen LogP contribution in [-0.4, -0.2) is 22.9 Å². The van der Waals surface area contributed by atoms with Gasteiger partial charge in [0.25, 0.3) is 0 Å². The first kappa shape index (κ1) is 12.0. The van der Waals surface area contributed by atoms with Crippen molar-refractivity contribution in [1.29, 1.82) is 0 Å². The maximum absolute atomic E-state index is 5.56. The fourth-order valence-corrected chi connectivity index (χ4v) is 1.29. The quantitative estimate of drug-likeness (QED) is 0.701. The molecule has 1 rings (SSSR count). The van der Waals surface area contributed by atoms with Crippen LogP contribution in [0.4, 0.5) is 0 Å². The van der Waals surface area contributed by atoms with Gasteiger partial charge in [0.05, 0.1) is 19.0 Å². The third-order valence-electron chi connectivity index (χ3n) is 2.22. The van der Waals surface area contributed by atoms with Gasteiger partial charge in [-0.15, -0.1) is 0 Å². The summed E-state index contributed by atoms with van der Waals surface area (Å²) in [4.78, 5) is 0. The molecule has 1 aromatic heterocycles. The number of nitrogens with two attached hydrogens (primary N) is 1. The van der Waals surface area contributed by atoms with Crippen LogP contribution in [0, 0.1) is 0 Å². The van der Waals surface area contributed by atoms with Gasteiger partial charge in [-0.1, -0.05) is 0 Å². The Labute approximate surface area is 91.4 Å². The van der Waals surface area contributed by atoms with Crippen LogP contribution >= 0.6 is 0 Å². The first-order valence-corrected chi connectivity index (χ1v) is 5.61. The Balaban J connectivity index is 2.20. The van der Waals surface area contributed by atoms with Crippen molar-refractivity contribution in [2.24, 2.45) is 5.73 Å². The molecule has 1 heterocycles. The van der Waals surface area contributed by atoms with Crippen molar-refractivity contribution < 1.29 is 4.74 Å². The van der Waals surface area contributed by atoms with Gasteiger partial charge in [0.1, 0.15) is 0 Å². The van der Waals surface area contributed by atoms with Crippen LogP contribution in [0.25, 0.3) is 0 Å². The monoisotopic (exact) mass is 211 g/mol. The highest BCUT2D eigenvalue weighted by molar-refractivity contribution is 5.11. The van der Waals surface area contributed by atoms with E-state index in [1.165, 1.54) is 0 Å². The van der Waals surface area contributed by atoms with E-state index in [4.69, 9.17) is 10.5 Å². The molecular weight excluding hydrogens is 190 g/mol. The van der Waals surface area contributed by atoms with Crippen molar-refractivity contribution >= 4 is 0 Å². The van der Waals surface area contributed by atoms with Crippen molar-refractivity contribution in [3.05, 3.63) is 12.4 Å². The molecule has 0 radical (unpaired) electrons. The number of rotatable bonds is 7. The molecule has 0 unspecified atom stereocenters. The third-order valence-corrected chi connectivity index (χ3v) is 2.22. The van der Waals surface area contributed by atoms with Crippen molar-refractivity contribution in [3.63, 3.8) is 0 Å². The van der Waals surface area contributed by atoms with Crippen LogP contribution in [0.2, 0.25) is 0 Å². The fraction of sp³-hybridized carbons (Fsp3) is 0.727. The topological polar surface area (TPSA) is 53.1 Å². The fourth-order valence-electron chi connectivity index (χ4n) is 1.29. The zero-order chi connectivity index (χ0) is 11.1. The molecular formula is C11H21N3O. The molecule has 86 valence electrons. The van der Waals surface area contributed by atoms with E-state index in [0.717, 1.165) is 38.2 Å². The Kier molecular flexibility index (Phi) is 5.18. The number of aromatic nitrogens is 2. The average Bonchev–Trinajstić information content (AvgIpc) is 2.66. The van der Waals surface area contributed by atoms with E-state index in [-0.39, 0.29) is 0 Å². The number of hydrogen-bond acceptors (Lipinski definition) is 3. The Hall–Kier alpha value is -1.03. The van der Waals surface area contributed by atoms with Crippen LogP contribution in [-0.2, 0) is 0 Å². The van der Waals surface area contributed by atoms with Crippen molar-refractivity contribution in [2.45, 2.75) is 39.2 Å². The second kappa shape index (κ2) is 6.45. The van der Waals surface area contributed by atoms with Crippen LogP contribution < -0.4 is 10.5 Å². The van der Waals surface area contributed by atoms with Crippen molar-refractivity contribution in [2.75, 3.05) is 13.2 Å². The third kappa shape index (κ3) is 4.34. The highest BCUT2D eigenvalue weighted by Gasteiger charge is 2.01. The SMILES string of the molecule is CC(C)n1cc(OCCCCCN)cn1. The summed E-state index contributed by atoms with van der Waals surface area (Å²) in [6, 6.07) is 0.389. The standard InChI is InChI=1S/C11H21N3O/c1-10(2)14-9-11(8-13-14)15-7-5-3-4-6-12/h8-10H,3-7,12H2,1-2H3. The lowest BCUT2D eigenvalue weighted by Crippen LogP contribution is -2.02. The minimum absolute atomic E-state index is 0.389. The van der Waals surface area contributed by atoms with Crippen molar-refractivity contribution in [3.8, 4) is 5.75 Å². The Morgan fingerprint density at radius 3 is 2.80 bits per heavy atom. The molecule has 0 bridgehead atoms. The average molecular weight is 211 g/mol. The van der Waals surface area contributed by atoms with Crippen LogP contribution in [0.5, 0.6) is 5.75 Å². The maximum Gasteiger partial charge on any atom is 0.157 e. The molecule has 0 saturated carbocycles. The second-order valence-corrected chi connectivity index (χ2v) is 3.95. The van der Waals surface area contributed by atoms with Crippen molar-refractivity contribution in [1.82, 2.24) is 9.78 Å². The molecule has 0 aliphatic rings. The van der Waals surface area contributed by atoms with Gasteiger partial charge in [0.15, 0.2) is 5.75 Å². The molecule has 0 aliphatic carbocycles. The van der Waals surface area contributed by atoms with Gasteiger partial charge in [-0.05, 0) is 39.7 Å². The lowest BCUT2D eigenvalue weighted by molar-refractivity contribution is 0.305. The van der Waals surface area contributed by atoms with Gasteiger partial charge >= 0.3 is 0 Å². The summed E-state index contributed by atoms with van der Waals surface area (Å²) in [5.74, 6) is 0.858. The summed E-state index contributed by atoms with van der Waals surface area (Å²) < 4.78 is 7.46. The predicted octanol–water partition coefficient (Wildman–Crippen LogP) is 1.97. The van der Waals surface area contributed by atoms with E-state index in [1.54, 1.807) is 6.20 Å². The highest BCUT2D eigenvalue weighted by atomic mass is 16.5.